The third-order valence-corrected chi connectivity index (χ3v) is 3.75. The molecule has 0 aliphatic rings. The summed E-state index contributed by atoms with van der Waals surface area (Å²) < 4.78 is 26.9. The molecule has 2 aromatic rings. The number of aryl methyl sites for hydroxylation is 1. The first kappa shape index (κ1) is 14.2. The van der Waals surface area contributed by atoms with Crippen molar-refractivity contribution in [2.24, 2.45) is 0 Å². The molecule has 4 heteroatoms. The predicted molar refractivity (Wildman–Crippen MR) is 75.8 cm³/mol. The van der Waals surface area contributed by atoms with Crippen LogP contribution in [0.1, 0.15) is 16.7 Å². The molecule has 2 aromatic carbocycles. The molecule has 0 unspecified atom stereocenters. The minimum atomic E-state index is -0.813. The van der Waals surface area contributed by atoms with Crippen LogP contribution in [0.25, 0.3) is 0 Å². The van der Waals surface area contributed by atoms with Gasteiger partial charge in [-0.3, -0.25) is 0 Å². The SMILES string of the molecule is Cc1cc(CNCc2ccc(F)c(F)c2)ccc1Br. The molecule has 0 atom stereocenters. The molecular formula is C15H14BrF2N. The Morgan fingerprint density at radius 1 is 0.947 bits per heavy atom. The first-order chi connectivity index (χ1) is 9.06. The average Bonchev–Trinajstić information content (AvgIpc) is 2.38. The minimum absolute atomic E-state index is 0.506. The van der Waals surface area contributed by atoms with Crippen molar-refractivity contribution in [1.29, 1.82) is 0 Å². The van der Waals surface area contributed by atoms with E-state index in [2.05, 4.69) is 27.3 Å². The molecule has 2 rings (SSSR count). The molecule has 0 spiro atoms. The molecule has 0 saturated carbocycles. The molecule has 0 amide bonds. The summed E-state index contributed by atoms with van der Waals surface area (Å²) in [5, 5.41) is 3.21. The van der Waals surface area contributed by atoms with Crippen LogP contribution in [0.5, 0.6) is 0 Å². The fraction of sp³-hybridized carbons (Fsp3) is 0.200. The predicted octanol–water partition coefficient (Wildman–Crippen LogP) is 4.33. The zero-order valence-electron chi connectivity index (χ0n) is 10.5. The molecule has 0 aliphatic carbocycles. The van der Waals surface area contributed by atoms with Gasteiger partial charge >= 0.3 is 0 Å². The van der Waals surface area contributed by atoms with Gasteiger partial charge < -0.3 is 5.32 Å². The molecular weight excluding hydrogens is 312 g/mol. The summed E-state index contributed by atoms with van der Waals surface area (Å²) in [6.07, 6.45) is 0. The lowest BCUT2D eigenvalue weighted by atomic mass is 10.1. The number of hydrogen-bond donors (Lipinski definition) is 1. The average molecular weight is 326 g/mol. The van der Waals surface area contributed by atoms with Crippen LogP contribution in [0.2, 0.25) is 0 Å². The van der Waals surface area contributed by atoms with Crippen molar-refractivity contribution in [2.45, 2.75) is 20.0 Å². The zero-order valence-corrected chi connectivity index (χ0v) is 12.1. The van der Waals surface area contributed by atoms with Gasteiger partial charge in [-0.25, -0.2) is 8.78 Å². The molecule has 0 aliphatic heterocycles. The molecule has 19 heavy (non-hydrogen) atoms. The van der Waals surface area contributed by atoms with Crippen molar-refractivity contribution in [3.63, 3.8) is 0 Å². The normalized spacial score (nSPS) is 10.7. The summed E-state index contributed by atoms with van der Waals surface area (Å²) in [5.41, 5.74) is 3.06. The van der Waals surface area contributed by atoms with Crippen LogP contribution < -0.4 is 5.32 Å². The van der Waals surface area contributed by atoms with Gasteiger partial charge in [-0.2, -0.15) is 0 Å². The molecule has 0 fully saturated rings. The fourth-order valence-corrected chi connectivity index (χ4v) is 2.06. The monoisotopic (exact) mass is 325 g/mol. The second-order valence-corrected chi connectivity index (χ2v) is 5.29. The van der Waals surface area contributed by atoms with Gasteiger partial charge in [0.05, 0.1) is 0 Å². The van der Waals surface area contributed by atoms with Gasteiger partial charge in [-0.15, -0.1) is 0 Å². The van der Waals surface area contributed by atoms with Crippen molar-refractivity contribution in [3.05, 3.63) is 69.2 Å². The maximum Gasteiger partial charge on any atom is 0.159 e. The Bertz CT molecular complexity index is 533. The highest BCUT2D eigenvalue weighted by atomic mass is 79.9. The third-order valence-electron chi connectivity index (χ3n) is 2.86. The van der Waals surface area contributed by atoms with E-state index in [1.54, 1.807) is 6.07 Å². The Morgan fingerprint density at radius 2 is 1.58 bits per heavy atom. The quantitative estimate of drug-likeness (QED) is 0.882. The van der Waals surface area contributed by atoms with Crippen LogP contribution in [-0.2, 0) is 13.1 Å². The molecule has 0 radical (unpaired) electrons. The van der Waals surface area contributed by atoms with E-state index in [9.17, 15) is 8.78 Å². The van der Waals surface area contributed by atoms with E-state index in [0.717, 1.165) is 21.7 Å². The van der Waals surface area contributed by atoms with E-state index < -0.39 is 11.6 Å². The molecule has 0 aromatic heterocycles. The number of nitrogens with one attached hydrogen (secondary N) is 1. The fourth-order valence-electron chi connectivity index (χ4n) is 1.82. The van der Waals surface area contributed by atoms with Crippen LogP contribution in [0.15, 0.2) is 40.9 Å². The number of hydrogen-bond acceptors (Lipinski definition) is 1. The van der Waals surface area contributed by atoms with Crippen LogP contribution in [0, 0.1) is 18.6 Å². The van der Waals surface area contributed by atoms with Crippen LogP contribution in [0.4, 0.5) is 8.78 Å². The van der Waals surface area contributed by atoms with E-state index in [0.29, 0.717) is 13.1 Å². The summed E-state index contributed by atoms with van der Waals surface area (Å²) in [6.45, 7) is 3.22. The van der Waals surface area contributed by atoms with E-state index >= 15 is 0 Å². The Labute approximate surface area is 119 Å². The smallest absolute Gasteiger partial charge is 0.159 e. The second-order valence-electron chi connectivity index (χ2n) is 4.44. The first-order valence-corrected chi connectivity index (χ1v) is 6.75. The standard InChI is InChI=1S/C15H14BrF2N/c1-10-6-11(2-4-13(10)16)8-19-9-12-3-5-14(17)15(18)7-12/h2-7,19H,8-9H2,1H3. The second kappa shape index (κ2) is 6.26. The molecule has 100 valence electrons. The van der Waals surface area contributed by atoms with Crippen LogP contribution in [-0.4, -0.2) is 0 Å². The molecule has 1 nitrogen and oxygen atoms in total. The van der Waals surface area contributed by atoms with Crippen LogP contribution in [0.3, 0.4) is 0 Å². The Kier molecular flexibility index (Phi) is 4.66. The van der Waals surface area contributed by atoms with Crippen molar-refractivity contribution < 1.29 is 8.78 Å². The van der Waals surface area contributed by atoms with Crippen molar-refractivity contribution in [2.75, 3.05) is 0 Å². The van der Waals surface area contributed by atoms with Gasteiger partial charge in [0.25, 0.3) is 0 Å². The highest BCUT2D eigenvalue weighted by Crippen LogP contribution is 2.17. The van der Waals surface area contributed by atoms with Gasteiger partial charge in [-0.1, -0.05) is 34.1 Å². The lowest BCUT2D eigenvalue weighted by Crippen LogP contribution is -2.13. The van der Waals surface area contributed by atoms with Gasteiger partial charge in [0.1, 0.15) is 0 Å². The number of rotatable bonds is 4. The van der Waals surface area contributed by atoms with Gasteiger partial charge in [0, 0.05) is 17.6 Å². The summed E-state index contributed by atoms with van der Waals surface area (Å²) in [7, 11) is 0. The maximum atomic E-state index is 13.0. The van der Waals surface area contributed by atoms with E-state index in [-0.39, 0.29) is 0 Å². The third kappa shape index (κ3) is 3.85. The van der Waals surface area contributed by atoms with Crippen molar-refractivity contribution in [3.8, 4) is 0 Å². The zero-order chi connectivity index (χ0) is 13.8. The first-order valence-electron chi connectivity index (χ1n) is 5.96. The Morgan fingerprint density at radius 3 is 2.21 bits per heavy atom. The largest absolute Gasteiger partial charge is 0.309 e. The maximum absolute atomic E-state index is 13.0. The van der Waals surface area contributed by atoms with E-state index in [4.69, 9.17) is 0 Å². The molecule has 0 saturated heterocycles. The summed E-state index contributed by atoms with van der Waals surface area (Å²) in [6, 6.07) is 10.1. The molecule has 1 N–H and O–H groups in total. The summed E-state index contributed by atoms with van der Waals surface area (Å²) in [4.78, 5) is 0. The highest BCUT2D eigenvalue weighted by molar-refractivity contribution is 9.10. The molecule has 0 bridgehead atoms. The number of benzene rings is 2. The van der Waals surface area contributed by atoms with Gasteiger partial charge in [-0.05, 0) is 41.8 Å². The highest BCUT2D eigenvalue weighted by Gasteiger charge is 2.02. The number of halogens is 3. The molecule has 0 heterocycles. The van der Waals surface area contributed by atoms with Crippen LogP contribution >= 0.6 is 15.9 Å². The minimum Gasteiger partial charge on any atom is -0.309 e. The summed E-state index contributed by atoms with van der Waals surface area (Å²) >= 11 is 3.45. The van der Waals surface area contributed by atoms with Crippen molar-refractivity contribution in [1.82, 2.24) is 5.32 Å². The van der Waals surface area contributed by atoms with E-state index in [1.807, 2.05) is 19.1 Å². The Balaban J connectivity index is 1.92. The van der Waals surface area contributed by atoms with E-state index in [1.165, 1.54) is 11.6 Å². The Hall–Kier alpha value is -1.26. The van der Waals surface area contributed by atoms with Gasteiger partial charge in [0.2, 0.25) is 0 Å². The van der Waals surface area contributed by atoms with Crippen molar-refractivity contribution >= 4 is 15.9 Å². The lowest BCUT2D eigenvalue weighted by Gasteiger charge is -2.07. The van der Waals surface area contributed by atoms with Gasteiger partial charge in [0.15, 0.2) is 11.6 Å². The summed E-state index contributed by atoms with van der Waals surface area (Å²) in [5.74, 6) is -1.62. The topological polar surface area (TPSA) is 12.0 Å². The lowest BCUT2D eigenvalue weighted by molar-refractivity contribution is 0.506.